The molecule has 6 heteroatoms. The molecule has 0 aliphatic heterocycles. The van der Waals surface area contributed by atoms with Crippen molar-refractivity contribution in [3.63, 3.8) is 0 Å². The molecule has 0 unspecified atom stereocenters. The van der Waals surface area contributed by atoms with Crippen molar-refractivity contribution in [2.75, 3.05) is 12.4 Å². The van der Waals surface area contributed by atoms with Crippen LogP contribution in [0.1, 0.15) is 11.1 Å². The molecule has 0 fully saturated rings. The van der Waals surface area contributed by atoms with Crippen LogP contribution in [0.15, 0.2) is 54.2 Å². The third-order valence-electron chi connectivity index (χ3n) is 3.43. The zero-order valence-corrected chi connectivity index (χ0v) is 14.7. The summed E-state index contributed by atoms with van der Waals surface area (Å²) in [5.74, 6) is 0.0281. The highest BCUT2D eigenvalue weighted by atomic mass is 35.5. The third-order valence-corrected chi connectivity index (χ3v) is 3.69. The summed E-state index contributed by atoms with van der Waals surface area (Å²) < 4.78 is 5.22. The molecule has 0 saturated carbocycles. The molecule has 2 rings (SSSR count). The number of methoxy groups -OCH3 is 1. The second-order valence-corrected chi connectivity index (χ2v) is 5.77. The second kappa shape index (κ2) is 8.76. The molecule has 0 radical (unpaired) electrons. The maximum Gasteiger partial charge on any atom is 0.267 e. The minimum atomic E-state index is -0.505. The summed E-state index contributed by atoms with van der Waals surface area (Å²) in [4.78, 5) is 12.3. The lowest BCUT2D eigenvalue weighted by atomic mass is 10.2. The predicted octanol–water partition coefficient (Wildman–Crippen LogP) is 3.79. The fourth-order valence-corrected chi connectivity index (χ4v) is 2.26. The zero-order chi connectivity index (χ0) is 18.2. The average molecular weight is 356 g/mol. The van der Waals surface area contributed by atoms with Gasteiger partial charge >= 0.3 is 0 Å². The topological polar surface area (TPSA) is 74.1 Å². The van der Waals surface area contributed by atoms with E-state index in [-0.39, 0.29) is 5.57 Å². The van der Waals surface area contributed by atoms with Gasteiger partial charge in [-0.3, -0.25) is 4.79 Å². The highest BCUT2D eigenvalue weighted by Gasteiger charge is 2.12. The van der Waals surface area contributed by atoms with Crippen LogP contribution in [0.25, 0.3) is 0 Å². The summed E-state index contributed by atoms with van der Waals surface area (Å²) in [5, 5.41) is 15.5. The molecular weight excluding hydrogens is 338 g/mol. The van der Waals surface area contributed by atoms with Crippen molar-refractivity contribution in [3.05, 3.63) is 70.4 Å². The first-order valence-electron chi connectivity index (χ1n) is 7.57. The van der Waals surface area contributed by atoms with Crippen LogP contribution in [-0.2, 0) is 11.3 Å². The lowest BCUT2D eigenvalue weighted by Gasteiger charge is -2.10. The minimum absolute atomic E-state index is 0.0301. The Bertz CT molecular complexity index is 824. The van der Waals surface area contributed by atoms with Crippen LogP contribution in [-0.4, -0.2) is 13.0 Å². The van der Waals surface area contributed by atoms with Gasteiger partial charge in [0.05, 0.1) is 12.8 Å². The molecule has 0 atom stereocenters. The number of hydrogen-bond donors (Lipinski definition) is 2. The first kappa shape index (κ1) is 18.4. The summed E-state index contributed by atoms with van der Waals surface area (Å²) >= 11 is 5.83. The van der Waals surface area contributed by atoms with Gasteiger partial charge in [-0.15, -0.1) is 0 Å². The van der Waals surface area contributed by atoms with Gasteiger partial charge in [-0.1, -0.05) is 29.8 Å². The number of aryl methyl sites for hydroxylation is 1. The zero-order valence-electron chi connectivity index (χ0n) is 14.0. The van der Waals surface area contributed by atoms with E-state index in [1.807, 2.05) is 31.2 Å². The Morgan fingerprint density at radius 1 is 1.28 bits per heavy atom. The van der Waals surface area contributed by atoms with E-state index in [1.54, 1.807) is 24.3 Å². The maximum absolute atomic E-state index is 12.3. The lowest BCUT2D eigenvalue weighted by Crippen LogP contribution is -2.17. The van der Waals surface area contributed by atoms with E-state index in [0.717, 1.165) is 11.1 Å². The Labute approximate surface area is 151 Å². The molecular formula is C19H18ClN3O2. The van der Waals surface area contributed by atoms with Crippen molar-refractivity contribution < 1.29 is 9.53 Å². The summed E-state index contributed by atoms with van der Waals surface area (Å²) in [6.45, 7) is 2.38. The van der Waals surface area contributed by atoms with Crippen LogP contribution < -0.4 is 15.4 Å². The van der Waals surface area contributed by atoms with Crippen molar-refractivity contribution >= 4 is 23.2 Å². The molecule has 2 N–H and O–H groups in total. The number of hydrogen-bond acceptors (Lipinski definition) is 4. The van der Waals surface area contributed by atoms with Crippen LogP contribution in [0.3, 0.4) is 0 Å². The van der Waals surface area contributed by atoms with E-state index >= 15 is 0 Å². The quantitative estimate of drug-likeness (QED) is 0.610. The number of rotatable bonds is 6. The van der Waals surface area contributed by atoms with E-state index < -0.39 is 5.91 Å². The molecule has 128 valence electrons. The summed E-state index contributed by atoms with van der Waals surface area (Å²) in [7, 11) is 1.52. The largest absolute Gasteiger partial charge is 0.495 e. The highest BCUT2D eigenvalue weighted by Crippen LogP contribution is 2.25. The van der Waals surface area contributed by atoms with Crippen molar-refractivity contribution in [1.82, 2.24) is 5.32 Å². The average Bonchev–Trinajstić information content (AvgIpc) is 2.60. The Morgan fingerprint density at radius 2 is 2.00 bits per heavy atom. The summed E-state index contributed by atoms with van der Waals surface area (Å²) in [6.07, 6.45) is 1.40. The van der Waals surface area contributed by atoms with Gasteiger partial charge in [-0.05, 0) is 42.3 Å². The number of carbonyl (C=O) groups is 1. The minimum Gasteiger partial charge on any atom is -0.495 e. The van der Waals surface area contributed by atoms with Gasteiger partial charge in [0.2, 0.25) is 0 Å². The van der Waals surface area contributed by atoms with Gasteiger partial charge < -0.3 is 15.4 Å². The first-order chi connectivity index (χ1) is 12.0. The molecule has 1 amide bonds. The molecule has 0 aliphatic rings. The number of halogens is 1. The maximum atomic E-state index is 12.3. The van der Waals surface area contributed by atoms with Gasteiger partial charge in [-0.2, -0.15) is 5.26 Å². The molecule has 0 spiro atoms. The van der Waals surface area contributed by atoms with Crippen LogP contribution in [0, 0.1) is 18.3 Å². The molecule has 2 aromatic carbocycles. The molecule has 0 heterocycles. The molecule has 2 aromatic rings. The van der Waals surface area contributed by atoms with E-state index in [1.165, 1.54) is 13.3 Å². The fraction of sp³-hybridized carbons (Fsp3) is 0.158. The third kappa shape index (κ3) is 5.27. The van der Waals surface area contributed by atoms with Crippen molar-refractivity contribution in [2.45, 2.75) is 13.5 Å². The smallest absolute Gasteiger partial charge is 0.267 e. The Kier molecular flexibility index (Phi) is 6.44. The van der Waals surface area contributed by atoms with Gasteiger partial charge in [0.25, 0.3) is 5.91 Å². The van der Waals surface area contributed by atoms with Gasteiger partial charge in [-0.25, -0.2) is 0 Å². The number of nitrogens with zero attached hydrogens (tertiary/aromatic N) is 1. The number of nitriles is 1. The van der Waals surface area contributed by atoms with E-state index in [0.29, 0.717) is 23.0 Å². The SMILES string of the molecule is COc1ccc(C)cc1NC(=O)/C(C#N)=C\NCc1ccc(Cl)cc1. The molecule has 0 aromatic heterocycles. The standard InChI is InChI=1S/C19H18ClN3O2/c1-13-3-8-18(25-2)17(9-13)23-19(24)15(10-21)12-22-11-14-4-6-16(20)7-5-14/h3-9,12,22H,11H2,1-2H3,(H,23,24)/b15-12-. The van der Waals surface area contributed by atoms with E-state index in [9.17, 15) is 10.1 Å². The number of anilines is 1. The fourth-order valence-electron chi connectivity index (χ4n) is 2.13. The number of amides is 1. The number of ether oxygens (including phenoxy) is 1. The lowest BCUT2D eigenvalue weighted by molar-refractivity contribution is -0.112. The molecule has 25 heavy (non-hydrogen) atoms. The molecule has 0 bridgehead atoms. The molecule has 5 nitrogen and oxygen atoms in total. The van der Waals surface area contributed by atoms with Gasteiger partial charge in [0, 0.05) is 17.8 Å². The second-order valence-electron chi connectivity index (χ2n) is 5.34. The number of carbonyl (C=O) groups excluding carboxylic acids is 1. The normalized spacial score (nSPS) is 10.7. The van der Waals surface area contributed by atoms with Gasteiger partial charge in [0.1, 0.15) is 17.4 Å². The first-order valence-corrected chi connectivity index (χ1v) is 7.95. The van der Waals surface area contributed by atoms with Crippen molar-refractivity contribution in [1.29, 1.82) is 5.26 Å². The highest BCUT2D eigenvalue weighted by molar-refractivity contribution is 6.30. The van der Waals surface area contributed by atoms with Crippen LogP contribution in [0.4, 0.5) is 5.69 Å². The summed E-state index contributed by atoms with van der Waals surface area (Å²) in [5.41, 5.74) is 2.45. The Morgan fingerprint density at radius 3 is 2.64 bits per heavy atom. The Balaban J connectivity index is 2.04. The van der Waals surface area contributed by atoms with Crippen LogP contribution in [0.2, 0.25) is 5.02 Å². The van der Waals surface area contributed by atoms with Crippen molar-refractivity contribution in [3.8, 4) is 11.8 Å². The van der Waals surface area contributed by atoms with Crippen molar-refractivity contribution in [2.24, 2.45) is 0 Å². The Hall–Kier alpha value is -2.97. The monoisotopic (exact) mass is 355 g/mol. The summed E-state index contributed by atoms with van der Waals surface area (Å²) in [6, 6.07) is 14.6. The van der Waals surface area contributed by atoms with E-state index in [2.05, 4.69) is 10.6 Å². The molecule has 0 saturated heterocycles. The number of nitrogens with one attached hydrogen (secondary N) is 2. The number of benzene rings is 2. The van der Waals surface area contributed by atoms with E-state index in [4.69, 9.17) is 16.3 Å². The van der Waals surface area contributed by atoms with Crippen LogP contribution in [0.5, 0.6) is 5.75 Å². The molecule has 0 aliphatic carbocycles. The predicted molar refractivity (Wildman–Crippen MR) is 98.3 cm³/mol. The van der Waals surface area contributed by atoms with Crippen LogP contribution >= 0.6 is 11.6 Å². The van der Waals surface area contributed by atoms with Gasteiger partial charge in [0.15, 0.2) is 0 Å².